The molecule has 0 fully saturated rings. The third kappa shape index (κ3) is 2.38. The number of carbonyl (C=O) groups excluding carboxylic acids is 1. The molecule has 1 aromatic heterocycles. The minimum absolute atomic E-state index is 0.189. The fourth-order valence-electron chi connectivity index (χ4n) is 2.51. The average Bonchev–Trinajstić information content (AvgIpc) is 2.88. The molecule has 1 aliphatic rings. The second-order valence-corrected chi connectivity index (χ2v) is 5.00. The molecule has 4 nitrogen and oxygen atoms in total. The zero-order chi connectivity index (χ0) is 13.2. The van der Waals surface area contributed by atoms with Gasteiger partial charge in [0.2, 0.25) is 5.91 Å². The summed E-state index contributed by atoms with van der Waals surface area (Å²) in [5.41, 5.74) is 4.46. The minimum atomic E-state index is 0.189. The van der Waals surface area contributed by atoms with Crippen LogP contribution >= 0.6 is 0 Å². The van der Waals surface area contributed by atoms with Crippen molar-refractivity contribution < 1.29 is 4.79 Å². The number of fused-ring (bicyclic) bond motifs is 1. The summed E-state index contributed by atoms with van der Waals surface area (Å²) in [7, 11) is 0. The van der Waals surface area contributed by atoms with Crippen LogP contribution in [0, 0.1) is 6.92 Å². The van der Waals surface area contributed by atoms with Crippen LogP contribution in [0.5, 0.6) is 0 Å². The van der Waals surface area contributed by atoms with E-state index in [1.54, 1.807) is 6.33 Å². The first-order chi connectivity index (χ1) is 9.24. The molecular weight excluding hydrogens is 238 g/mol. The van der Waals surface area contributed by atoms with Crippen LogP contribution in [0.1, 0.15) is 22.5 Å². The van der Waals surface area contributed by atoms with Crippen LogP contribution in [0.2, 0.25) is 0 Å². The Morgan fingerprint density at radius 2 is 2.26 bits per heavy atom. The highest BCUT2D eigenvalue weighted by molar-refractivity contribution is 5.79. The van der Waals surface area contributed by atoms with Crippen molar-refractivity contribution in [2.24, 2.45) is 0 Å². The summed E-state index contributed by atoms with van der Waals surface area (Å²) in [5.74, 6) is 0.189. The first-order valence-electron chi connectivity index (χ1n) is 6.57. The van der Waals surface area contributed by atoms with Gasteiger partial charge in [-0.25, -0.2) is 4.98 Å². The average molecular weight is 255 g/mol. The van der Waals surface area contributed by atoms with Crippen molar-refractivity contribution in [1.82, 2.24) is 14.9 Å². The number of nitrogens with one attached hydrogen (secondary N) is 1. The van der Waals surface area contributed by atoms with E-state index >= 15 is 0 Å². The molecular formula is C15H17N3O. The molecule has 0 saturated carbocycles. The largest absolute Gasteiger partial charge is 0.347 e. The van der Waals surface area contributed by atoms with Gasteiger partial charge in [0.25, 0.3) is 0 Å². The number of carbonyl (C=O) groups is 1. The lowest BCUT2D eigenvalue weighted by Crippen LogP contribution is -2.37. The molecule has 98 valence electrons. The maximum absolute atomic E-state index is 12.3. The predicted octanol–water partition coefficient (Wildman–Crippen LogP) is 1.85. The number of aryl methyl sites for hydroxylation is 1. The van der Waals surface area contributed by atoms with Gasteiger partial charge in [-0.3, -0.25) is 4.79 Å². The Labute approximate surface area is 112 Å². The molecule has 0 bridgehead atoms. The SMILES string of the molecule is Cc1ccccc1CC(=O)N1CCc2nc[nH]c2C1. The summed E-state index contributed by atoms with van der Waals surface area (Å²) in [6.07, 6.45) is 3.04. The highest BCUT2D eigenvalue weighted by atomic mass is 16.2. The van der Waals surface area contributed by atoms with E-state index in [1.807, 2.05) is 36.1 Å². The number of H-pyrrole nitrogens is 1. The minimum Gasteiger partial charge on any atom is -0.347 e. The van der Waals surface area contributed by atoms with Crippen LogP contribution in [-0.4, -0.2) is 27.3 Å². The molecule has 1 amide bonds. The molecule has 0 atom stereocenters. The molecule has 0 aliphatic carbocycles. The zero-order valence-electron chi connectivity index (χ0n) is 11.0. The molecule has 2 aromatic rings. The quantitative estimate of drug-likeness (QED) is 0.890. The molecule has 0 radical (unpaired) electrons. The second-order valence-electron chi connectivity index (χ2n) is 5.00. The van der Waals surface area contributed by atoms with Crippen LogP contribution in [0.25, 0.3) is 0 Å². The summed E-state index contributed by atoms with van der Waals surface area (Å²) in [5, 5.41) is 0. The van der Waals surface area contributed by atoms with Crippen molar-refractivity contribution in [2.75, 3.05) is 6.54 Å². The fourth-order valence-corrected chi connectivity index (χ4v) is 2.51. The number of hydrogen-bond donors (Lipinski definition) is 1. The van der Waals surface area contributed by atoms with Gasteiger partial charge in [0, 0.05) is 13.0 Å². The topological polar surface area (TPSA) is 49.0 Å². The Hall–Kier alpha value is -2.10. The summed E-state index contributed by atoms with van der Waals surface area (Å²) in [4.78, 5) is 21.6. The highest BCUT2D eigenvalue weighted by Crippen LogP contribution is 2.17. The van der Waals surface area contributed by atoms with Crippen molar-refractivity contribution in [3.63, 3.8) is 0 Å². The number of imidazole rings is 1. The molecule has 1 N–H and O–H groups in total. The number of benzene rings is 1. The number of amides is 1. The predicted molar refractivity (Wildman–Crippen MR) is 72.6 cm³/mol. The van der Waals surface area contributed by atoms with Crippen LogP contribution in [0.4, 0.5) is 0 Å². The van der Waals surface area contributed by atoms with E-state index in [-0.39, 0.29) is 5.91 Å². The van der Waals surface area contributed by atoms with Crippen molar-refractivity contribution in [3.05, 3.63) is 53.1 Å². The van der Waals surface area contributed by atoms with Gasteiger partial charge in [-0.15, -0.1) is 0 Å². The number of nitrogens with zero attached hydrogens (tertiary/aromatic N) is 2. The van der Waals surface area contributed by atoms with Gasteiger partial charge in [0.05, 0.1) is 30.7 Å². The smallest absolute Gasteiger partial charge is 0.227 e. The van der Waals surface area contributed by atoms with E-state index in [9.17, 15) is 4.79 Å². The van der Waals surface area contributed by atoms with E-state index in [2.05, 4.69) is 9.97 Å². The summed E-state index contributed by atoms with van der Waals surface area (Å²) < 4.78 is 0. The summed E-state index contributed by atoms with van der Waals surface area (Å²) >= 11 is 0. The first-order valence-corrected chi connectivity index (χ1v) is 6.57. The third-order valence-corrected chi connectivity index (χ3v) is 3.73. The van der Waals surface area contributed by atoms with Crippen LogP contribution in [-0.2, 0) is 24.2 Å². The Morgan fingerprint density at radius 3 is 3.11 bits per heavy atom. The Kier molecular flexibility index (Phi) is 3.07. The number of rotatable bonds is 2. The maximum Gasteiger partial charge on any atom is 0.227 e. The van der Waals surface area contributed by atoms with Crippen molar-refractivity contribution in [3.8, 4) is 0 Å². The van der Waals surface area contributed by atoms with E-state index in [0.29, 0.717) is 13.0 Å². The molecule has 0 unspecified atom stereocenters. The fraction of sp³-hybridized carbons (Fsp3) is 0.333. The summed E-state index contributed by atoms with van der Waals surface area (Å²) in [6.45, 7) is 3.47. The highest BCUT2D eigenvalue weighted by Gasteiger charge is 2.22. The lowest BCUT2D eigenvalue weighted by Gasteiger charge is -2.26. The normalized spacial score (nSPS) is 14.3. The summed E-state index contributed by atoms with van der Waals surface area (Å²) in [6, 6.07) is 8.06. The van der Waals surface area contributed by atoms with E-state index in [4.69, 9.17) is 0 Å². The maximum atomic E-state index is 12.3. The number of aromatic amines is 1. The Morgan fingerprint density at radius 1 is 1.42 bits per heavy atom. The second kappa shape index (κ2) is 4.88. The van der Waals surface area contributed by atoms with Crippen molar-refractivity contribution >= 4 is 5.91 Å². The van der Waals surface area contributed by atoms with Gasteiger partial charge >= 0.3 is 0 Å². The van der Waals surface area contributed by atoms with Gasteiger partial charge < -0.3 is 9.88 Å². The van der Waals surface area contributed by atoms with Gasteiger partial charge in [-0.05, 0) is 18.1 Å². The molecule has 0 saturated heterocycles. The molecule has 1 aromatic carbocycles. The van der Waals surface area contributed by atoms with Gasteiger partial charge in [-0.1, -0.05) is 24.3 Å². The zero-order valence-corrected chi connectivity index (χ0v) is 11.0. The molecule has 2 heterocycles. The van der Waals surface area contributed by atoms with Crippen LogP contribution in [0.15, 0.2) is 30.6 Å². The van der Waals surface area contributed by atoms with Crippen molar-refractivity contribution in [2.45, 2.75) is 26.3 Å². The van der Waals surface area contributed by atoms with E-state index in [1.165, 1.54) is 5.56 Å². The van der Waals surface area contributed by atoms with Gasteiger partial charge in [0.1, 0.15) is 0 Å². The van der Waals surface area contributed by atoms with Gasteiger partial charge in [0.15, 0.2) is 0 Å². The van der Waals surface area contributed by atoms with Crippen molar-refractivity contribution in [1.29, 1.82) is 0 Å². The monoisotopic (exact) mass is 255 g/mol. The standard InChI is InChI=1S/C15H17N3O/c1-11-4-2-3-5-12(11)8-15(19)18-7-6-13-14(9-18)17-10-16-13/h2-5,10H,6-9H2,1H3,(H,16,17). The Balaban J connectivity index is 1.71. The van der Waals surface area contributed by atoms with Crippen LogP contribution < -0.4 is 0 Å². The van der Waals surface area contributed by atoms with Crippen LogP contribution in [0.3, 0.4) is 0 Å². The third-order valence-electron chi connectivity index (χ3n) is 3.73. The lowest BCUT2D eigenvalue weighted by atomic mass is 10.0. The molecule has 0 spiro atoms. The number of aromatic nitrogens is 2. The molecule has 4 heteroatoms. The lowest BCUT2D eigenvalue weighted by molar-refractivity contribution is -0.131. The Bertz CT molecular complexity index is 603. The van der Waals surface area contributed by atoms with E-state index in [0.717, 1.165) is 29.9 Å². The molecule has 19 heavy (non-hydrogen) atoms. The van der Waals surface area contributed by atoms with E-state index < -0.39 is 0 Å². The molecule has 3 rings (SSSR count). The van der Waals surface area contributed by atoms with Gasteiger partial charge in [-0.2, -0.15) is 0 Å². The first kappa shape index (κ1) is 12.0. The molecule has 1 aliphatic heterocycles. The number of hydrogen-bond acceptors (Lipinski definition) is 2.